The standard InChI is InChI=1S/C5H6N2/c1-2-5-3-6-7-4-5/h3-4H,1H3,(H,6,7). The zero-order valence-corrected chi connectivity index (χ0v) is 4.10. The average Bonchev–Trinajstić information content (AvgIpc) is 2.14. The first-order valence-electron chi connectivity index (χ1n) is 2.10. The van der Waals surface area contributed by atoms with Crippen molar-refractivity contribution in [3.05, 3.63) is 24.4 Å². The van der Waals surface area contributed by atoms with Crippen molar-refractivity contribution >= 4 is 0 Å². The number of rotatable bonds is 1. The van der Waals surface area contributed by atoms with Gasteiger partial charge in [-0.2, -0.15) is 5.10 Å². The van der Waals surface area contributed by atoms with E-state index >= 15 is 0 Å². The quantitative estimate of drug-likeness (QED) is 0.549. The molecule has 1 heterocycles. The van der Waals surface area contributed by atoms with Gasteiger partial charge in [-0.1, -0.05) is 6.92 Å². The van der Waals surface area contributed by atoms with Crippen molar-refractivity contribution in [2.45, 2.75) is 6.92 Å². The lowest BCUT2D eigenvalue weighted by molar-refractivity contribution is 1.09. The monoisotopic (exact) mass is 94.1 g/mol. The van der Waals surface area contributed by atoms with Crippen LogP contribution in [0.25, 0.3) is 0 Å². The van der Waals surface area contributed by atoms with Crippen LogP contribution in [-0.2, 0) is 0 Å². The highest BCUT2D eigenvalue weighted by Gasteiger charge is 1.84. The molecule has 0 amide bonds. The van der Waals surface area contributed by atoms with E-state index < -0.39 is 0 Å². The third-order valence-corrected chi connectivity index (χ3v) is 0.787. The summed E-state index contributed by atoms with van der Waals surface area (Å²) in [4.78, 5) is 0. The molecule has 0 bridgehead atoms. The van der Waals surface area contributed by atoms with Crippen LogP contribution in [0.2, 0.25) is 0 Å². The summed E-state index contributed by atoms with van der Waals surface area (Å²) >= 11 is 0. The van der Waals surface area contributed by atoms with Crippen LogP contribution in [0.1, 0.15) is 12.5 Å². The molecule has 7 heavy (non-hydrogen) atoms. The first-order chi connectivity index (χ1) is 3.43. The van der Waals surface area contributed by atoms with Gasteiger partial charge in [0.2, 0.25) is 0 Å². The molecule has 1 rings (SSSR count). The SMILES string of the molecule is C[C]c1cn[nH]c1. The summed E-state index contributed by atoms with van der Waals surface area (Å²) in [5.41, 5.74) is 1.01. The normalized spacial score (nSPS) is 9.29. The van der Waals surface area contributed by atoms with Crippen molar-refractivity contribution in [3.8, 4) is 0 Å². The third kappa shape index (κ3) is 0.796. The number of nitrogens with one attached hydrogen (secondary N) is 1. The highest BCUT2D eigenvalue weighted by atomic mass is 15.1. The minimum atomic E-state index is 1.01. The second kappa shape index (κ2) is 1.78. The van der Waals surface area contributed by atoms with E-state index in [1.807, 2.05) is 6.92 Å². The van der Waals surface area contributed by atoms with Crippen LogP contribution in [0, 0.1) is 6.42 Å². The molecule has 0 atom stereocenters. The van der Waals surface area contributed by atoms with Crippen molar-refractivity contribution in [2.24, 2.45) is 0 Å². The molecule has 1 N–H and O–H groups in total. The zero-order valence-electron chi connectivity index (χ0n) is 4.10. The van der Waals surface area contributed by atoms with E-state index in [9.17, 15) is 0 Å². The second-order valence-electron chi connectivity index (χ2n) is 1.24. The number of hydrogen-bond acceptors (Lipinski definition) is 1. The third-order valence-electron chi connectivity index (χ3n) is 0.787. The minimum Gasteiger partial charge on any atom is -0.285 e. The van der Waals surface area contributed by atoms with Gasteiger partial charge in [0.25, 0.3) is 0 Å². The average molecular weight is 94.1 g/mol. The topological polar surface area (TPSA) is 28.7 Å². The Morgan fingerprint density at radius 2 is 2.71 bits per heavy atom. The van der Waals surface area contributed by atoms with E-state index in [0.717, 1.165) is 5.56 Å². The van der Waals surface area contributed by atoms with Gasteiger partial charge in [0.1, 0.15) is 0 Å². The molecule has 2 radical (unpaired) electrons. The Bertz CT molecular complexity index is 121. The van der Waals surface area contributed by atoms with Gasteiger partial charge in [0.05, 0.1) is 6.20 Å². The lowest BCUT2D eigenvalue weighted by Gasteiger charge is -1.75. The minimum absolute atomic E-state index is 1.01. The molecular weight excluding hydrogens is 88.1 g/mol. The largest absolute Gasteiger partial charge is 0.285 e. The molecule has 0 saturated carbocycles. The molecule has 0 aromatic carbocycles. The highest BCUT2D eigenvalue weighted by Crippen LogP contribution is 1.93. The highest BCUT2D eigenvalue weighted by molar-refractivity contribution is 5.11. The summed E-state index contributed by atoms with van der Waals surface area (Å²) in [6.07, 6.45) is 6.43. The summed E-state index contributed by atoms with van der Waals surface area (Å²) in [5.74, 6) is 0. The molecule has 36 valence electrons. The van der Waals surface area contributed by atoms with Crippen LogP contribution in [0.4, 0.5) is 0 Å². The van der Waals surface area contributed by atoms with Crippen molar-refractivity contribution in [3.63, 3.8) is 0 Å². The molecule has 0 fully saturated rings. The molecule has 0 aliphatic carbocycles. The Morgan fingerprint density at radius 1 is 1.86 bits per heavy atom. The lowest BCUT2D eigenvalue weighted by atomic mass is 10.3. The van der Waals surface area contributed by atoms with E-state index in [1.54, 1.807) is 12.4 Å². The number of H-pyrrole nitrogens is 1. The van der Waals surface area contributed by atoms with E-state index in [0.29, 0.717) is 0 Å². The Labute approximate surface area is 42.6 Å². The maximum Gasteiger partial charge on any atom is 0.0525 e. The molecule has 0 aliphatic rings. The fourth-order valence-corrected chi connectivity index (χ4v) is 0.388. The summed E-state index contributed by atoms with van der Waals surface area (Å²) < 4.78 is 0. The van der Waals surface area contributed by atoms with Crippen molar-refractivity contribution < 1.29 is 0 Å². The van der Waals surface area contributed by atoms with Gasteiger partial charge < -0.3 is 0 Å². The maximum absolute atomic E-state index is 3.71. The molecular formula is C5H6N2. The van der Waals surface area contributed by atoms with Gasteiger partial charge in [-0.05, 0) is 5.56 Å². The van der Waals surface area contributed by atoms with E-state index in [4.69, 9.17) is 0 Å². The molecule has 1 aromatic rings. The van der Waals surface area contributed by atoms with Crippen LogP contribution in [0.15, 0.2) is 12.4 Å². The predicted octanol–water partition coefficient (Wildman–Crippen LogP) is 0.859. The number of aromatic amines is 1. The Balaban J connectivity index is 2.76. The predicted molar refractivity (Wildman–Crippen MR) is 26.6 cm³/mol. The van der Waals surface area contributed by atoms with Gasteiger partial charge in [-0.25, -0.2) is 0 Å². The molecule has 0 aliphatic heterocycles. The smallest absolute Gasteiger partial charge is 0.0525 e. The van der Waals surface area contributed by atoms with Crippen LogP contribution in [-0.4, -0.2) is 10.2 Å². The molecule has 0 saturated heterocycles. The summed E-state index contributed by atoms with van der Waals surface area (Å²) in [7, 11) is 0. The number of aromatic nitrogens is 2. The van der Waals surface area contributed by atoms with Crippen LogP contribution in [0.5, 0.6) is 0 Å². The van der Waals surface area contributed by atoms with Crippen LogP contribution in [0.3, 0.4) is 0 Å². The molecule has 2 heteroatoms. The Hall–Kier alpha value is -0.790. The first kappa shape index (κ1) is 4.37. The van der Waals surface area contributed by atoms with E-state index in [2.05, 4.69) is 16.6 Å². The number of nitrogens with zero attached hydrogens (tertiary/aromatic N) is 1. The van der Waals surface area contributed by atoms with E-state index in [1.165, 1.54) is 0 Å². The van der Waals surface area contributed by atoms with Gasteiger partial charge in [-0.3, -0.25) is 5.10 Å². The summed E-state index contributed by atoms with van der Waals surface area (Å²) in [6.45, 7) is 1.85. The van der Waals surface area contributed by atoms with Gasteiger partial charge >= 0.3 is 0 Å². The van der Waals surface area contributed by atoms with Crippen molar-refractivity contribution in [1.29, 1.82) is 0 Å². The van der Waals surface area contributed by atoms with Gasteiger partial charge in [0, 0.05) is 12.6 Å². The van der Waals surface area contributed by atoms with Crippen LogP contribution < -0.4 is 0 Å². The zero-order chi connectivity index (χ0) is 5.11. The fraction of sp³-hybridized carbons (Fsp3) is 0.200. The number of hydrogen-bond donors (Lipinski definition) is 1. The van der Waals surface area contributed by atoms with E-state index in [-0.39, 0.29) is 0 Å². The Kier molecular flexibility index (Phi) is 1.11. The molecule has 0 unspecified atom stereocenters. The van der Waals surface area contributed by atoms with Crippen LogP contribution >= 0.6 is 0 Å². The molecule has 0 spiro atoms. The maximum atomic E-state index is 3.71. The lowest BCUT2D eigenvalue weighted by Crippen LogP contribution is -1.63. The van der Waals surface area contributed by atoms with Gasteiger partial charge in [0.15, 0.2) is 0 Å². The molecule has 1 aromatic heterocycles. The Morgan fingerprint density at radius 3 is 3.00 bits per heavy atom. The molecule has 2 nitrogen and oxygen atoms in total. The summed E-state index contributed by atoms with van der Waals surface area (Å²) in [6, 6.07) is 0. The first-order valence-corrected chi connectivity index (χ1v) is 2.10. The second-order valence-corrected chi connectivity index (χ2v) is 1.24. The fourth-order valence-electron chi connectivity index (χ4n) is 0.388. The van der Waals surface area contributed by atoms with Crippen molar-refractivity contribution in [1.82, 2.24) is 10.2 Å². The van der Waals surface area contributed by atoms with Crippen molar-refractivity contribution in [2.75, 3.05) is 0 Å². The summed E-state index contributed by atoms with van der Waals surface area (Å²) in [5, 5.41) is 6.37. The van der Waals surface area contributed by atoms with Gasteiger partial charge in [-0.15, -0.1) is 0 Å².